The van der Waals surface area contributed by atoms with Crippen molar-refractivity contribution in [1.29, 1.82) is 0 Å². The molecule has 0 aliphatic rings. The van der Waals surface area contributed by atoms with Crippen molar-refractivity contribution in [3.05, 3.63) is 73.1 Å². The zero-order chi connectivity index (χ0) is 18.6. The number of carbonyl (C=O) groups excluding carboxylic acids is 1. The van der Waals surface area contributed by atoms with E-state index in [1.165, 1.54) is 11.8 Å². The van der Waals surface area contributed by atoms with Gasteiger partial charge in [-0.15, -0.1) is 11.3 Å². The molecule has 4 aromatic rings. The number of carbonyl (C=O) groups is 1. The number of thiophene rings is 1. The Labute approximate surface area is 165 Å². The summed E-state index contributed by atoms with van der Waals surface area (Å²) in [4.78, 5) is 23.4. The Morgan fingerprint density at radius 1 is 1.04 bits per heavy atom. The number of hydrogen-bond donors (Lipinski definition) is 1. The van der Waals surface area contributed by atoms with E-state index in [2.05, 4.69) is 33.5 Å². The standard InChI is InChI=1S/C21H17N3OS2/c1-14(19(25)24-16-10-6-3-7-11-16)26-20-17-12-18(15-8-4-2-5-9-15)27-21(17)23-13-22-20/h2-14H,1H3,(H,24,25)/t14-/m0/s1. The van der Waals surface area contributed by atoms with Crippen LogP contribution >= 0.6 is 23.1 Å². The van der Waals surface area contributed by atoms with E-state index in [-0.39, 0.29) is 11.2 Å². The van der Waals surface area contributed by atoms with Gasteiger partial charge in [0.25, 0.3) is 0 Å². The third-order valence-electron chi connectivity index (χ3n) is 4.05. The van der Waals surface area contributed by atoms with E-state index < -0.39 is 0 Å². The summed E-state index contributed by atoms with van der Waals surface area (Å²) in [6.45, 7) is 1.89. The summed E-state index contributed by atoms with van der Waals surface area (Å²) in [5.41, 5.74) is 1.95. The molecule has 1 amide bonds. The molecule has 27 heavy (non-hydrogen) atoms. The first-order valence-electron chi connectivity index (χ1n) is 8.53. The van der Waals surface area contributed by atoms with Crippen LogP contribution in [-0.4, -0.2) is 21.1 Å². The van der Waals surface area contributed by atoms with Gasteiger partial charge in [-0.25, -0.2) is 9.97 Å². The van der Waals surface area contributed by atoms with E-state index in [0.717, 1.165) is 31.4 Å². The van der Waals surface area contributed by atoms with Crippen molar-refractivity contribution in [2.75, 3.05) is 5.32 Å². The Bertz CT molecular complexity index is 1060. The Morgan fingerprint density at radius 2 is 1.74 bits per heavy atom. The number of para-hydroxylation sites is 1. The SMILES string of the molecule is C[C@H](Sc1ncnc2sc(-c3ccccc3)cc12)C(=O)Nc1ccccc1. The van der Waals surface area contributed by atoms with Gasteiger partial charge in [0.2, 0.25) is 5.91 Å². The van der Waals surface area contributed by atoms with Gasteiger partial charge in [-0.05, 0) is 30.7 Å². The van der Waals surface area contributed by atoms with Crippen LogP contribution in [0.3, 0.4) is 0 Å². The molecule has 0 unspecified atom stereocenters. The zero-order valence-corrected chi connectivity index (χ0v) is 16.3. The molecule has 0 saturated heterocycles. The predicted octanol–water partition coefficient (Wildman–Crippen LogP) is 5.48. The first-order chi connectivity index (χ1) is 13.2. The second kappa shape index (κ2) is 7.90. The van der Waals surface area contributed by atoms with E-state index in [1.807, 2.05) is 55.5 Å². The van der Waals surface area contributed by atoms with Crippen LogP contribution in [-0.2, 0) is 4.79 Å². The molecule has 6 heteroatoms. The molecule has 4 rings (SSSR count). The molecule has 134 valence electrons. The fraction of sp³-hybridized carbons (Fsp3) is 0.0952. The Morgan fingerprint density at radius 3 is 2.48 bits per heavy atom. The number of nitrogens with zero attached hydrogens (tertiary/aromatic N) is 2. The minimum absolute atomic E-state index is 0.0449. The van der Waals surface area contributed by atoms with Crippen molar-refractivity contribution in [2.24, 2.45) is 0 Å². The molecule has 2 heterocycles. The van der Waals surface area contributed by atoms with Crippen LogP contribution in [0.2, 0.25) is 0 Å². The molecule has 0 fully saturated rings. The molecular formula is C21H17N3OS2. The molecular weight excluding hydrogens is 374 g/mol. The Hall–Kier alpha value is -2.70. The number of anilines is 1. The highest BCUT2D eigenvalue weighted by molar-refractivity contribution is 8.00. The minimum atomic E-state index is -0.275. The van der Waals surface area contributed by atoms with E-state index in [1.54, 1.807) is 17.7 Å². The second-order valence-corrected chi connectivity index (χ2v) is 8.35. The fourth-order valence-electron chi connectivity index (χ4n) is 2.66. The van der Waals surface area contributed by atoms with E-state index in [0.29, 0.717) is 0 Å². The fourth-order valence-corrected chi connectivity index (χ4v) is 4.62. The summed E-state index contributed by atoms with van der Waals surface area (Å²) in [5.74, 6) is -0.0449. The van der Waals surface area contributed by atoms with Crippen molar-refractivity contribution in [3.8, 4) is 10.4 Å². The van der Waals surface area contributed by atoms with Gasteiger partial charge < -0.3 is 5.32 Å². The highest BCUT2D eigenvalue weighted by Crippen LogP contribution is 2.37. The van der Waals surface area contributed by atoms with Gasteiger partial charge in [-0.3, -0.25) is 4.79 Å². The van der Waals surface area contributed by atoms with Gasteiger partial charge in [-0.2, -0.15) is 0 Å². The Kier molecular flexibility index (Phi) is 5.18. The highest BCUT2D eigenvalue weighted by Gasteiger charge is 2.18. The van der Waals surface area contributed by atoms with Crippen LogP contribution in [0.15, 0.2) is 78.1 Å². The van der Waals surface area contributed by atoms with Gasteiger partial charge >= 0.3 is 0 Å². The largest absolute Gasteiger partial charge is 0.325 e. The van der Waals surface area contributed by atoms with Gasteiger partial charge in [0.1, 0.15) is 16.2 Å². The average molecular weight is 392 g/mol. The van der Waals surface area contributed by atoms with Crippen molar-refractivity contribution in [1.82, 2.24) is 9.97 Å². The summed E-state index contributed by atoms with van der Waals surface area (Å²) < 4.78 is 0. The topological polar surface area (TPSA) is 54.9 Å². The lowest BCUT2D eigenvalue weighted by Gasteiger charge is -2.11. The molecule has 0 aliphatic carbocycles. The quantitative estimate of drug-likeness (QED) is 0.362. The molecule has 4 nitrogen and oxygen atoms in total. The van der Waals surface area contributed by atoms with Crippen LogP contribution in [0.4, 0.5) is 5.69 Å². The van der Waals surface area contributed by atoms with Crippen LogP contribution in [0.25, 0.3) is 20.7 Å². The molecule has 0 radical (unpaired) electrons. The number of thioether (sulfide) groups is 1. The first-order valence-corrected chi connectivity index (χ1v) is 10.2. The smallest absolute Gasteiger partial charge is 0.237 e. The number of hydrogen-bond acceptors (Lipinski definition) is 5. The molecule has 0 saturated carbocycles. The lowest BCUT2D eigenvalue weighted by Crippen LogP contribution is -2.22. The third-order valence-corrected chi connectivity index (χ3v) is 6.26. The maximum absolute atomic E-state index is 12.5. The molecule has 0 spiro atoms. The maximum atomic E-state index is 12.5. The summed E-state index contributed by atoms with van der Waals surface area (Å²) >= 11 is 3.09. The maximum Gasteiger partial charge on any atom is 0.237 e. The summed E-state index contributed by atoms with van der Waals surface area (Å²) in [7, 11) is 0. The summed E-state index contributed by atoms with van der Waals surface area (Å²) in [5, 5.41) is 4.49. The minimum Gasteiger partial charge on any atom is -0.325 e. The first kappa shape index (κ1) is 17.7. The molecule has 1 atom stereocenters. The Balaban J connectivity index is 1.56. The molecule has 0 bridgehead atoms. The van der Waals surface area contributed by atoms with E-state index in [9.17, 15) is 4.79 Å². The van der Waals surface area contributed by atoms with Crippen LogP contribution in [0, 0.1) is 0 Å². The normalized spacial score (nSPS) is 12.0. The van der Waals surface area contributed by atoms with Crippen molar-refractivity contribution >= 4 is 44.9 Å². The molecule has 0 aliphatic heterocycles. The van der Waals surface area contributed by atoms with Gasteiger partial charge in [0.15, 0.2) is 0 Å². The van der Waals surface area contributed by atoms with Crippen LogP contribution in [0.5, 0.6) is 0 Å². The summed E-state index contributed by atoms with van der Waals surface area (Å²) in [6, 6.07) is 21.8. The van der Waals surface area contributed by atoms with E-state index >= 15 is 0 Å². The predicted molar refractivity (Wildman–Crippen MR) is 113 cm³/mol. The molecule has 2 aromatic carbocycles. The zero-order valence-electron chi connectivity index (χ0n) is 14.6. The number of benzene rings is 2. The molecule has 1 N–H and O–H groups in total. The van der Waals surface area contributed by atoms with Crippen molar-refractivity contribution in [3.63, 3.8) is 0 Å². The van der Waals surface area contributed by atoms with Crippen molar-refractivity contribution < 1.29 is 4.79 Å². The number of rotatable bonds is 5. The lowest BCUT2D eigenvalue weighted by atomic mass is 10.2. The number of nitrogens with one attached hydrogen (secondary N) is 1. The monoisotopic (exact) mass is 391 g/mol. The number of aromatic nitrogens is 2. The number of amides is 1. The molecule has 2 aromatic heterocycles. The lowest BCUT2D eigenvalue weighted by molar-refractivity contribution is -0.115. The van der Waals surface area contributed by atoms with E-state index in [4.69, 9.17) is 0 Å². The van der Waals surface area contributed by atoms with Crippen LogP contribution in [0.1, 0.15) is 6.92 Å². The van der Waals surface area contributed by atoms with Crippen LogP contribution < -0.4 is 5.32 Å². The van der Waals surface area contributed by atoms with Gasteiger partial charge in [0, 0.05) is 16.0 Å². The van der Waals surface area contributed by atoms with Gasteiger partial charge in [0.05, 0.1) is 5.25 Å². The average Bonchev–Trinajstić information content (AvgIpc) is 3.15. The second-order valence-electron chi connectivity index (χ2n) is 5.99. The van der Waals surface area contributed by atoms with Crippen molar-refractivity contribution in [2.45, 2.75) is 17.2 Å². The third kappa shape index (κ3) is 4.02. The summed E-state index contributed by atoms with van der Waals surface area (Å²) in [6.07, 6.45) is 1.57. The number of fused-ring (bicyclic) bond motifs is 1. The van der Waals surface area contributed by atoms with Gasteiger partial charge in [-0.1, -0.05) is 60.3 Å². The highest BCUT2D eigenvalue weighted by atomic mass is 32.2.